The van der Waals surface area contributed by atoms with Gasteiger partial charge in [0, 0.05) is 50.1 Å². The predicted octanol–water partition coefficient (Wildman–Crippen LogP) is 7.83. The fourth-order valence-corrected chi connectivity index (χ4v) is 8.29. The molecule has 0 radical (unpaired) electrons. The lowest BCUT2D eigenvalue weighted by Gasteiger charge is -2.22. The van der Waals surface area contributed by atoms with Gasteiger partial charge in [-0.05, 0) is 90.4 Å². The van der Waals surface area contributed by atoms with Crippen LogP contribution in [0.5, 0.6) is 28.7 Å². The van der Waals surface area contributed by atoms with Crippen LogP contribution >= 0.6 is 0 Å². The third-order valence-electron chi connectivity index (χ3n) is 11.4. The number of rotatable bonds is 16. The van der Waals surface area contributed by atoms with Crippen LogP contribution in [0.1, 0.15) is 62.2 Å². The Morgan fingerprint density at radius 3 is 2.18 bits per heavy atom. The molecule has 316 valence electrons. The molecule has 0 fully saturated rings. The largest absolute Gasteiger partial charge is 0.494 e. The maximum absolute atomic E-state index is 14.0. The third kappa shape index (κ3) is 8.59. The number of fused-ring (bicyclic) bond motifs is 5. The first-order valence-electron chi connectivity index (χ1n) is 20.5. The first-order valence-corrected chi connectivity index (χ1v) is 20.5. The van der Waals surface area contributed by atoms with Crippen molar-refractivity contribution in [3.8, 4) is 28.7 Å². The number of methoxy groups -OCH3 is 3. The van der Waals surface area contributed by atoms with Crippen molar-refractivity contribution in [3.63, 3.8) is 0 Å². The summed E-state index contributed by atoms with van der Waals surface area (Å²) in [6.45, 7) is 1.88. The lowest BCUT2D eigenvalue weighted by atomic mass is 10.1. The molecule has 0 bridgehead atoms. The highest BCUT2D eigenvalue weighted by Gasteiger charge is 2.38. The molecule has 0 aliphatic carbocycles. The number of para-hydroxylation sites is 2. The number of nitrogens with one attached hydrogen (secondary N) is 2. The van der Waals surface area contributed by atoms with Gasteiger partial charge in [0.1, 0.15) is 19.0 Å². The second-order valence-electron chi connectivity index (χ2n) is 15.2. The van der Waals surface area contributed by atoms with Crippen molar-refractivity contribution in [1.29, 1.82) is 0 Å². The molecule has 0 saturated heterocycles. The van der Waals surface area contributed by atoms with E-state index in [-0.39, 0.29) is 37.0 Å². The van der Waals surface area contributed by atoms with E-state index in [0.29, 0.717) is 90.2 Å². The Morgan fingerprint density at radius 2 is 1.46 bits per heavy atom. The molecule has 61 heavy (non-hydrogen) atoms. The normalized spacial score (nSPS) is 14.8. The molecular weight excluding hydrogens is 777 g/mol. The molecule has 5 aromatic carbocycles. The molecule has 0 unspecified atom stereocenters. The van der Waals surface area contributed by atoms with Gasteiger partial charge >= 0.3 is 5.97 Å². The van der Waals surface area contributed by atoms with Crippen LogP contribution in [-0.2, 0) is 35.6 Å². The van der Waals surface area contributed by atoms with Crippen LogP contribution in [0, 0.1) is 0 Å². The zero-order chi connectivity index (χ0) is 42.5. The fourth-order valence-electron chi connectivity index (χ4n) is 8.29. The van der Waals surface area contributed by atoms with Crippen molar-refractivity contribution in [2.24, 2.45) is 0 Å². The summed E-state index contributed by atoms with van der Waals surface area (Å²) in [4.78, 5) is 43.2. The highest BCUT2D eigenvalue weighted by molar-refractivity contribution is 6.12. The highest BCUT2D eigenvalue weighted by Crippen LogP contribution is 2.41. The molecule has 0 saturated carbocycles. The summed E-state index contributed by atoms with van der Waals surface area (Å²) >= 11 is 0. The molecule has 3 aliphatic heterocycles. The van der Waals surface area contributed by atoms with Gasteiger partial charge in [0.15, 0.2) is 23.0 Å². The molecule has 8 rings (SSSR count). The number of esters is 1. The smallest absolute Gasteiger partial charge is 0.305 e. The summed E-state index contributed by atoms with van der Waals surface area (Å²) in [6.07, 6.45) is 3.17. The number of hydrogen-bond donors (Lipinski definition) is 2. The minimum Gasteiger partial charge on any atom is -0.494 e. The molecule has 0 spiro atoms. The monoisotopic (exact) mass is 826 g/mol. The van der Waals surface area contributed by atoms with E-state index >= 15 is 0 Å². The molecule has 13 heteroatoms. The molecule has 3 heterocycles. The molecular formula is C48H50N4O9. The first kappa shape index (κ1) is 40.9. The number of benzene rings is 5. The summed E-state index contributed by atoms with van der Waals surface area (Å²) in [7, 11) is 6.26. The highest BCUT2D eigenvalue weighted by atomic mass is 16.5. The average Bonchev–Trinajstić information content (AvgIpc) is 3.86. The van der Waals surface area contributed by atoms with Crippen LogP contribution in [0.15, 0.2) is 91.0 Å². The molecule has 13 nitrogen and oxygen atoms in total. The van der Waals surface area contributed by atoms with Crippen molar-refractivity contribution in [2.45, 2.75) is 51.4 Å². The number of ether oxygens (including phenoxy) is 6. The summed E-state index contributed by atoms with van der Waals surface area (Å²) < 4.78 is 35.3. The van der Waals surface area contributed by atoms with Crippen molar-refractivity contribution >= 4 is 40.5 Å². The van der Waals surface area contributed by atoms with Gasteiger partial charge in [0.2, 0.25) is 0 Å². The number of carbonyl (C=O) groups is 3. The Hall–Kier alpha value is -6.89. The van der Waals surface area contributed by atoms with E-state index in [1.165, 1.54) is 7.11 Å². The van der Waals surface area contributed by atoms with Crippen LogP contribution in [0.3, 0.4) is 0 Å². The van der Waals surface area contributed by atoms with E-state index in [0.717, 1.165) is 46.5 Å². The second-order valence-corrected chi connectivity index (χ2v) is 15.2. The quantitative estimate of drug-likeness (QED) is 0.0744. The van der Waals surface area contributed by atoms with Crippen LogP contribution in [0.4, 0.5) is 22.7 Å². The van der Waals surface area contributed by atoms with E-state index in [1.807, 2.05) is 65.6 Å². The zero-order valence-corrected chi connectivity index (χ0v) is 34.9. The van der Waals surface area contributed by atoms with Crippen molar-refractivity contribution in [1.82, 2.24) is 0 Å². The Kier molecular flexibility index (Phi) is 12.2. The van der Waals surface area contributed by atoms with Gasteiger partial charge in [0.25, 0.3) is 11.8 Å². The maximum atomic E-state index is 14.0. The number of carbonyl (C=O) groups excluding carboxylic acids is 3. The summed E-state index contributed by atoms with van der Waals surface area (Å²) in [5, 5.41) is 6.66. The van der Waals surface area contributed by atoms with E-state index in [2.05, 4.69) is 22.8 Å². The van der Waals surface area contributed by atoms with Crippen molar-refractivity contribution < 1.29 is 42.8 Å². The maximum Gasteiger partial charge on any atom is 0.305 e. The lowest BCUT2D eigenvalue weighted by molar-refractivity contribution is -0.140. The molecule has 1 atom stereocenters. The topological polar surface area (TPSA) is 137 Å². The van der Waals surface area contributed by atoms with Crippen molar-refractivity contribution in [3.05, 3.63) is 124 Å². The molecule has 0 aromatic heterocycles. The zero-order valence-electron chi connectivity index (χ0n) is 34.9. The van der Waals surface area contributed by atoms with E-state index in [4.69, 9.17) is 28.4 Å². The Bertz CT molecular complexity index is 2450. The van der Waals surface area contributed by atoms with Gasteiger partial charge in [-0.25, -0.2) is 0 Å². The van der Waals surface area contributed by atoms with Crippen LogP contribution in [0.2, 0.25) is 0 Å². The first-order chi connectivity index (χ1) is 29.8. The summed E-state index contributed by atoms with van der Waals surface area (Å²) in [5.41, 5.74) is 8.04. The van der Waals surface area contributed by atoms with Gasteiger partial charge < -0.3 is 48.9 Å². The molecule has 2 amide bonds. The van der Waals surface area contributed by atoms with E-state index < -0.39 is 0 Å². The van der Waals surface area contributed by atoms with Crippen molar-refractivity contribution in [2.75, 3.05) is 68.5 Å². The Balaban J connectivity index is 1.02. The number of hydrogen-bond acceptors (Lipinski definition) is 11. The summed E-state index contributed by atoms with van der Waals surface area (Å²) in [6, 6.07) is 28.8. The second kappa shape index (κ2) is 18.2. The van der Waals surface area contributed by atoms with Crippen LogP contribution < -0.4 is 44.1 Å². The lowest BCUT2D eigenvalue weighted by Crippen LogP contribution is -2.39. The Morgan fingerprint density at radius 1 is 0.770 bits per heavy atom. The van der Waals surface area contributed by atoms with Crippen LogP contribution in [0.25, 0.3) is 0 Å². The van der Waals surface area contributed by atoms with E-state index in [9.17, 15) is 14.4 Å². The van der Waals surface area contributed by atoms with Gasteiger partial charge in [-0.3, -0.25) is 14.4 Å². The molecule has 5 aromatic rings. The van der Waals surface area contributed by atoms with E-state index in [1.54, 1.807) is 44.4 Å². The number of anilines is 4. The summed E-state index contributed by atoms with van der Waals surface area (Å²) in [5.74, 6) is 1.93. The average molecular weight is 827 g/mol. The Labute approximate surface area is 355 Å². The molecule has 3 aliphatic rings. The van der Waals surface area contributed by atoms with Gasteiger partial charge in [-0.15, -0.1) is 0 Å². The number of nitrogens with zero attached hydrogens (tertiary/aromatic N) is 2. The van der Waals surface area contributed by atoms with Gasteiger partial charge in [0.05, 0.1) is 56.5 Å². The third-order valence-corrected chi connectivity index (χ3v) is 11.4. The van der Waals surface area contributed by atoms with Gasteiger partial charge in [-0.1, -0.05) is 36.4 Å². The fraction of sp³-hybridized carbons (Fsp3) is 0.312. The van der Waals surface area contributed by atoms with Gasteiger partial charge in [-0.2, -0.15) is 0 Å². The molecule has 2 N–H and O–H groups in total. The standard InChI is InChI=1S/C48H50N4O9/c1-49-38-25-44(42(56-2)23-36(38)47(54)51-17-16-32-11-5-7-13-40(32)51)60-28-30-19-31(21-35(20-30)59-18-10-9-15-46(53)58-4)29-61-45-26-39-37(24-43(45)57-3)48(55)52-34(27-50-39)22-33-12-6-8-14-41(33)52/h5-8,11-14,19-21,23-26,34,49-50H,9-10,15-18,22,27-29H2,1-4H3/t34-/m0/s1. The SMILES string of the molecule is CNc1cc(OCc2cc(COc3cc4c(cc3OC)C(=O)N3c5ccccc5C[C@H]3CN4)cc(OCCCCC(=O)OC)c2)c(OC)cc1C(=O)N1CCc2ccccc21. The minimum atomic E-state index is -0.257. The minimum absolute atomic E-state index is 0.00479. The van der Waals surface area contributed by atoms with Crippen LogP contribution in [-0.4, -0.2) is 71.9 Å². The predicted molar refractivity (Wildman–Crippen MR) is 233 cm³/mol. The number of amides is 2. The number of unbranched alkanes of at least 4 members (excludes halogenated alkanes) is 1.